The van der Waals surface area contributed by atoms with Gasteiger partial charge in [0.25, 0.3) is 0 Å². The van der Waals surface area contributed by atoms with Gasteiger partial charge in [-0.25, -0.2) is 0 Å². The summed E-state index contributed by atoms with van der Waals surface area (Å²) in [7, 11) is 0. The van der Waals surface area contributed by atoms with Crippen LogP contribution in [0.5, 0.6) is 5.75 Å². The number of benzene rings is 1. The third kappa shape index (κ3) is 3.33. The largest absolute Gasteiger partial charge is 0.507 e. The van der Waals surface area contributed by atoms with Crippen molar-refractivity contribution >= 4 is 5.82 Å². The number of anilines is 1. The Kier molecular flexibility index (Phi) is 4.57. The zero-order valence-corrected chi connectivity index (χ0v) is 14.8. The van der Waals surface area contributed by atoms with Crippen molar-refractivity contribution in [3.63, 3.8) is 0 Å². The summed E-state index contributed by atoms with van der Waals surface area (Å²) in [5.41, 5.74) is 5.24. The number of phenolic OH excluding ortho intramolecular Hbond substituents is 1. The van der Waals surface area contributed by atoms with Crippen LogP contribution < -0.4 is 10.6 Å². The van der Waals surface area contributed by atoms with Crippen molar-refractivity contribution in [2.75, 3.05) is 18.4 Å². The third-order valence-corrected chi connectivity index (χ3v) is 5.34. The third-order valence-electron chi connectivity index (χ3n) is 5.34. The first kappa shape index (κ1) is 16.3. The maximum absolute atomic E-state index is 10.4. The molecule has 2 heterocycles. The number of fused-ring (bicyclic) bond motifs is 1. The van der Waals surface area contributed by atoms with E-state index in [1.807, 2.05) is 19.1 Å². The van der Waals surface area contributed by atoms with Gasteiger partial charge in [0.15, 0.2) is 5.82 Å². The van der Waals surface area contributed by atoms with Crippen molar-refractivity contribution < 1.29 is 5.11 Å². The highest BCUT2D eigenvalue weighted by atomic mass is 16.3. The zero-order valence-electron chi connectivity index (χ0n) is 14.8. The molecule has 132 valence electrons. The van der Waals surface area contributed by atoms with Crippen molar-refractivity contribution in [2.45, 2.75) is 51.5 Å². The van der Waals surface area contributed by atoms with Crippen molar-refractivity contribution in [3.05, 3.63) is 34.9 Å². The standard InChI is InChI=1S/C20H26N4O/c1-13-8-9-17(18(25)11-13)19-15-6-2-3-7-16(15)20(24-23-19)22-14-5-4-10-21-12-14/h8-9,11,14,21,25H,2-7,10,12H2,1H3,(H,22,24). The predicted octanol–water partition coefficient (Wildman–Crippen LogP) is 3.20. The summed E-state index contributed by atoms with van der Waals surface area (Å²) in [5, 5.41) is 26.5. The van der Waals surface area contributed by atoms with Gasteiger partial charge in [0.05, 0.1) is 0 Å². The van der Waals surface area contributed by atoms with Gasteiger partial charge >= 0.3 is 0 Å². The number of aryl methyl sites for hydroxylation is 1. The minimum absolute atomic E-state index is 0.291. The average molecular weight is 338 g/mol. The lowest BCUT2D eigenvalue weighted by Gasteiger charge is -2.27. The number of nitrogens with one attached hydrogen (secondary N) is 2. The molecule has 0 bridgehead atoms. The molecule has 3 N–H and O–H groups in total. The van der Waals surface area contributed by atoms with Gasteiger partial charge in [-0.1, -0.05) is 6.07 Å². The summed E-state index contributed by atoms with van der Waals surface area (Å²) in [6, 6.07) is 6.20. The van der Waals surface area contributed by atoms with E-state index in [1.165, 1.54) is 36.8 Å². The first-order valence-electron chi connectivity index (χ1n) is 9.38. The van der Waals surface area contributed by atoms with Gasteiger partial charge in [0.2, 0.25) is 0 Å². The summed E-state index contributed by atoms with van der Waals surface area (Å²) in [6.07, 6.45) is 6.77. The molecule has 1 aromatic heterocycles. The van der Waals surface area contributed by atoms with E-state index in [-0.39, 0.29) is 0 Å². The Bertz CT molecular complexity index is 769. The number of nitrogens with zero attached hydrogens (tertiary/aromatic N) is 2. The van der Waals surface area contributed by atoms with E-state index >= 15 is 0 Å². The van der Waals surface area contributed by atoms with Crippen LogP contribution >= 0.6 is 0 Å². The Balaban J connectivity index is 1.72. The van der Waals surface area contributed by atoms with Crippen molar-refractivity contribution in [2.24, 2.45) is 0 Å². The van der Waals surface area contributed by atoms with Crippen LogP contribution in [0, 0.1) is 6.92 Å². The quantitative estimate of drug-likeness (QED) is 0.802. The smallest absolute Gasteiger partial charge is 0.152 e. The van der Waals surface area contributed by atoms with Crippen LogP contribution in [-0.2, 0) is 12.8 Å². The molecule has 1 unspecified atom stereocenters. The van der Waals surface area contributed by atoms with Gasteiger partial charge < -0.3 is 15.7 Å². The van der Waals surface area contributed by atoms with Crippen molar-refractivity contribution in [1.29, 1.82) is 0 Å². The maximum Gasteiger partial charge on any atom is 0.152 e. The van der Waals surface area contributed by atoms with Gasteiger partial charge in [-0.15, -0.1) is 10.2 Å². The monoisotopic (exact) mass is 338 g/mol. The molecule has 25 heavy (non-hydrogen) atoms. The Morgan fingerprint density at radius 1 is 1.12 bits per heavy atom. The highest BCUT2D eigenvalue weighted by Gasteiger charge is 2.23. The fraction of sp³-hybridized carbons (Fsp3) is 0.500. The maximum atomic E-state index is 10.4. The molecule has 5 nitrogen and oxygen atoms in total. The van der Waals surface area contributed by atoms with Crippen LogP contribution in [0.1, 0.15) is 42.4 Å². The van der Waals surface area contributed by atoms with Gasteiger partial charge in [-0.3, -0.25) is 0 Å². The van der Waals surface area contributed by atoms with Crippen LogP contribution in [0.15, 0.2) is 18.2 Å². The highest BCUT2D eigenvalue weighted by molar-refractivity contribution is 5.73. The van der Waals surface area contributed by atoms with Gasteiger partial charge in [-0.2, -0.15) is 0 Å². The van der Waals surface area contributed by atoms with Gasteiger partial charge in [0, 0.05) is 23.7 Å². The lowest BCUT2D eigenvalue weighted by molar-refractivity contribution is 0.475. The molecular formula is C20H26N4O. The van der Waals surface area contributed by atoms with Crippen LogP contribution in [0.25, 0.3) is 11.3 Å². The molecule has 1 atom stereocenters. The molecule has 1 saturated heterocycles. The SMILES string of the molecule is Cc1ccc(-c2nnc(NC3CCCNC3)c3c2CCCC3)c(O)c1. The molecule has 1 aliphatic heterocycles. The number of rotatable bonds is 3. The average Bonchev–Trinajstić information content (AvgIpc) is 2.64. The Morgan fingerprint density at radius 3 is 2.72 bits per heavy atom. The zero-order chi connectivity index (χ0) is 17.2. The number of hydrogen-bond donors (Lipinski definition) is 3. The minimum Gasteiger partial charge on any atom is -0.507 e. The Labute approximate surface area is 148 Å². The van der Waals surface area contributed by atoms with Crippen molar-refractivity contribution in [3.8, 4) is 17.0 Å². The molecule has 1 fully saturated rings. The first-order valence-corrected chi connectivity index (χ1v) is 9.38. The van der Waals surface area contributed by atoms with Crippen LogP contribution in [0.3, 0.4) is 0 Å². The summed E-state index contributed by atoms with van der Waals surface area (Å²) >= 11 is 0. The minimum atomic E-state index is 0.291. The number of aromatic nitrogens is 2. The van der Waals surface area contributed by atoms with Gasteiger partial charge in [-0.05, 0) is 75.3 Å². The second-order valence-electron chi connectivity index (χ2n) is 7.27. The van der Waals surface area contributed by atoms with E-state index in [9.17, 15) is 5.11 Å². The number of phenols is 1. The molecule has 5 heteroatoms. The molecule has 0 amide bonds. The van der Waals surface area contributed by atoms with E-state index < -0.39 is 0 Å². The molecule has 4 rings (SSSR count). The van der Waals surface area contributed by atoms with Crippen LogP contribution in [0.2, 0.25) is 0 Å². The molecule has 1 aliphatic carbocycles. The Morgan fingerprint density at radius 2 is 1.96 bits per heavy atom. The summed E-state index contributed by atoms with van der Waals surface area (Å²) in [6.45, 7) is 4.07. The van der Waals surface area contributed by atoms with E-state index in [0.717, 1.165) is 48.6 Å². The summed E-state index contributed by atoms with van der Waals surface area (Å²) in [4.78, 5) is 0. The van der Waals surface area contributed by atoms with E-state index in [0.29, 0.717) is 11.8 Å². The number of hydrogen-bond acceptors (Lipinski definition) is 5. The van der Waals surface area contributed by atoms with E-state index in [2.05, 4.69) is 20.8 Å². The van der Waals surface area contributed by atoms with E-state index in [1.54, 1.807) is 6.07 Å². The molecule has 0 radical (unpaired) electrons. The highest BCUT2D eigenvalue weighted by Crippen LogP contribution is 2.37. The van der Waals surface area contributed by atoms with E-state index in [4.69, 9.17) is 0 Å². The second kappa shape index (κ2) is 7.00. The summed E-state index contributed by atoms with van der Waals surface area (Å²) < 4.78 is 0. The molecule has 2 aromatic rings. The van der Waals surface area contributed by atoms with Crippen LogP contribution in [-0.4, -0.2) is 34.4 Å². The summed E-state index contributed by atoms with van der Waals surface area (Å²) in [5.74, 6) is 1.23. The molecule has 2 aliphatic rings. The Hall–Kier alpha value is -2.14. The van der Waals surface area contributed by atoms with Crippen LogP contribution in [0.4, 0.5) is 5.82 Å². The molecule has 0 saturated carbocycles. The molecule has 0 spiro atoms. The fourth-order valence-corrected chi connectivity index (χ4v) is 3.99. The topological polar surface area (TPSA) is 70.1 Å². The van der Waals surface area contributed by atoms with Crippen molar-refractivity contribution in [1.82, 2.24) is 15.5 Å². The number of piperidine rings is 1. The van der Waals surface area contributed by atoms with Gasteiger partial charge in [0.1, 0.15) is 11.4 Å². The fourth-order valence-electron chi connectivity index (χ4n) is 3.99. The normalized spacial score (nSPS) is 20.1. The molecular weight excluding hydrogens is 312 g/mol. The first-order chi connectivity index (χ1) is 12.2. The lowest BCUT2D eigenvalue weighted by Crippen LogP contribution is -2.39. The lowest BCUT2D eigenvalue weighted by atomic mass is 9.88. The second-order valence-corrected chi connectivity index (χ2v) is 7.27. The molecule has 1 aromatic carbocycles. The number of aromatic hydroxyl groups is 1. The predicted molar refractivity (Wildman–Crippen MR) is 100 cm³/mol.